The van der Waals surface area contributed by atoms with Gasteiger partial charge in [-0.05, 0) is 46.8 Å². The third-order valence-corrected chi connectivity index (χ3v) is 4.87. The topological polar surface area (TPSA) is 92.5 Å². The van der Waals surface area contributed by atoms with Crippen LogP contribution >= 0.6 is 0 Å². The second-order valence-electron chi connectivity index (χ2n) is 7.49. The lowest BCUT2D eigenvalue weighted by Gasteiger charge is -2.17. The van der Waals surface area contributed by atoms with Crippen molar-refractivity contribution in [3.63, 3.8) is 0 Å². The van der Waals surface area contributed by atoms with Crippen LogP contribution in [0, 0.1) is 13.8 Å². The zero-order chi connectivity index (χ0) is 21.8. The Hall–Kier alpha value is -3.06. The van der Waals surface area contributed by atoms with Crippen LogP contribution in [0.25, 0.3) is 0 Å². The lowest BCUT2D eigenvalue weighted by atomic mass is 10.1. The molecule has 0 unspecified atom stereocenters. The first-order chi connectivity index (χ1) is 14.5. The highest BCUT2D eigenvalue weighted by atomic mass is 16.4. The molecule has 0 aliphatic heterocycles. The van der Waals surface area contributed by atoms with Crippen LogP contribution in [0.3, 0.4) is 0 Å². The summed E-state index contributed by atoms with van der Waals surface area (Å²) in [6.07, 6.45) is 1.86. The molecule has 0 bridgehead atoms. The second-order valence-corrected chi connectivity index (χ2v) is 7.49. The first-order valence-electron chi connectivity index (χ1n) is 10.3. The second kappa shape index (κ2) is 12.5. The Morgan fingerprint density at radius 2 is 1.10 bits per heavy atom. The van der Waals surface area contributed by atoms with Crippen molar-refractivity contribution in [2.75, 3.05) is 33.2 Å². The molecule has 0 saturated heterocycles. The summed E-state index contributed by atoms with van der Waals surface area (Å²) in [6, 6.07) is 15.7. The van der Waals surface area contributed by atoms with Crippen molar-refractivity contribution in [2.45, 2.75) is 26.7 Å². The predicted octanol–water partition coefficient (Wildman–Crippen LogP) is 3.17. The normalized spacial score (nSPS) is 12.3. The molecule has 0 aromatic heterocycles. The molecule has 4 N–H and O–H groups in total. The first kappa shape index (κ1) is 23.2. The minimum atomic E-state index is 0.494. The standard InChI is InChI=1S/C23H33N5O2/c1-18-6-10-20(11-7-18)22(26-29)24-14-4-16-28(3)17-5-15-25-23(27-30)21-12-8-19(2)9-13-21/h6-13,29-30H,4-5,14-17H2,1-3H3,(H,24,26)(H,25,27). The van der Waals surface area contributed by atoms with Gasteiger partial charge in [0.1, 0.15) is 0 Å². The molecular formula is C23H33N5O2. The molecule has 162 valence electrons. The monoisotopic (exact) mass is 411 g/mol. The first-order valence-corrected chi connectivity index (χ1v) is 10.3. The van der Waals surface area contributed by atoms with E-state index in [-0.39, 0.29) is 0 Å². The van der Waals surface area contributed by atoms with Gasteiger partial charge >= 0.3 is 0 Å². The van der Waals surface area contributed by atoms with Crippen LogP contribution in [0.15, 0.2) is 58.8 Å². The summed E-state index contributed by atoms with van der Waals surface area (Å²) in [7, 11) is 2.09. The summed E-state index contributed by atoms with van der Waals surface area (Å²) in [5, 5.41) is 31.6. The fourth-order valence-electron chi connectivity index (χ4n) is 3.04. The van der Waals surface area contributed by atoms with Gasteiger partial charge in [-0.25, -0.2) is 0 Å². The summed E-state index contributed by atoms with van der Waals surface area (Å²) in [4.78, 5) is 2.26. The van der Waals surface area contributed by atoms with Gasteiger partial charge in [0.25, 0.3) is 0 Å². The molecule has 0 spiro atoms. The predicted molar refractivity (Wildman–Crippen MR) is 122 cm³/mol. The zero-order valence-electron chi connectivity index (χ0n) is 18.1. The van der Waals surface area contributed by atoms with Crippen molar-refractivity contribution >= 4 is 11.7 Å². The van der Waals surface area contributed by atoms with Gasteiger partial charge in [-0.15, -0.1) is 0 Å². The molecule has 0 atom stereocenters. The van der Waals surface area contributed by atoms with E-state index in [1.807, 2.05) is 62.4 Å². The third kappa shape index (κ3) is 7.75. The number of hydrogen-bond donors (Lipinski definition) is 4. The van der Waals surface area contributed by atoms with Gasteiger partial charge in [0.05, 0.1) is 0 Å². The van der Waals surface area contributed by atoms with E-state index < -0.39 is 0 Å². The van der Waals surface area contributed by atoms with Crippen LogP contribution < -0.4 is 10.6 Å². The van der Waals surface area contributed by atoms with E-state index in [1.54, 1.807) is 0 Å². The Balaban J connectivity index is 1.62. The van der Waals surface area contributed by atoms with Crippen LogP contribution in [0.4, 0.5) is 0 Å². The molecule has 0 fully saturated rings. The number of hydrogen-bond acceptors (Lipinski definition) is 5. The van der Waals surface area contributed by atoms with E-state index in [4.69, 9.17) is 0 Å². The van der Waals surface area contributed by atoms with E-state index in [0.29, 0.717) is 11.7 Å². The van der Waals surface area contributed by atoms with Gasteiger partial charge < -0.3 is 25.9 Å². The van der Waals surface area contributed by atoms with Crippen LogP contribution in [-0.2, 0) is 0 Å². The summed E-state index contributed by atoms with van der Waals surface area (Å²) in [5.41, 5.74) is 4.08. The molecule has 30 heavy (non-hydrogen) atoms. The third-order valence-electron chi connectivity index (χ3n) is 4.87. The number of oxime groups is 2. The van der Waals surface area contributed by atoms with Gasteiger partial charge in [-0.1, -0.05) is 70.0 Å². The van der Waals surface area contributed by atoms with Crippen molar-refractivity contribution in [1.29, 1.82) is 0 Å². The average Bonchev–Trinajstić information content (AvgIpc) is 2.75. The van der Waals surface area contributed by atoms with Crippen LogP contribution in [0.2, 0.25) is 0 Å². The molecule has 2 rings (SSSR count). The maximum Gasteiger partial charge on any atom is 0.172 e. The van der Waals surface area contributed by atoms with Crippen LogP contribution in [-0.4, -0.2) is 60.2 Å². The summed E-state index contributed by atoms with van der Waals surface area (Å²) < 4.78 is 0. The molecule has 0 aliphatic rings. The van der Waals surface area contributed by atoms with Crippen molar-refractivity contribution in [3.8, 4) is 0 Å². The zero-order valence-corrected chi connectivity index (χ0v) is 18.1. The molecular weight excluding hydrogens is 378 g/mol. The van der Waals surface area contributed by atoms with E-state index >= 15 is 0 Å². The molecule has 0 radical (unpaired) electrons. The molecule has 0 saturated carbocycles. The number of nitrogens with zero attached hydrogens (tertiary/aromatic N) is 3. The lowest BCUT2D eigenvalue weighted by Crippen LogP contribution is -2.31. The van der Waals surface area contributed by atoms with Gasteiger partial charge in [-0.2, -0.15) is 0 Å². The minimum Gasteiger partial charge on any atom is -0.409 e. The molecule has 7 heteroatoms. The quantitative estimate of drug-likeness (QED) is 0.158. The highest BCUT2D eigenvalue weighted by Crippen LogP contribution is 2.05. The van der Waals surface area contributed by atoms with Crippen molar-refractivity contribution in [1.82, 2.24) is 15.5 Å². The Morgan fingerprint density at radius 1 is 0.733 bits per heavy atom. The Kier molecular flexibility index (Phi) is 9.67. The Bertz CT molecular complexity index is 747. The van der Waals surface area contributed by atoms with Crippen molar-refractivity contribution < 1.29 is 10.4 Å². The molecule has 2 aromatic rings. The highest BCUT2D eigenvalue weighted by Gasteiger charge is 2.06. The molecule has 0 heterocycles. The fraction of sp³-hybridized carbons (Fsp3) is 0.391. The SMILES string of the molecule is Cc1ccc(/C(=N/O)NCCCN(C)CCCN/C(=N\O)c2ccc(C)cc2)cc1. The maximum atomic E-state index is 9.24. The van der Waals surface area contributed by atoms with Gasteiger partial charge in [-0.3, -0.25) is 0 Å². The lowest BCUT2D eigenvalue weighted by molar-refractivity contribution is 0.312. The number of benzene rings is 2. The van der Waals surface area contributed by atoms with E-state index in [1.165, 1.54) is 11.1 Å². The number of rotatable bonds is 10. The number of amidine groups is 2. The van der Waals surface area contributed by atoms with Crippen molar-refractivity contribution in [2.24, 2.45) is 10.3 Å². The summed E-state index contributed by atoms with van der Waals surface area (Å²) >= 11 is 0. The molecule has 0 aliphatic carbocycles. The maximum absolute atomic E-state index is 9.24. The number of nitrogens with one attached hydrogen (secondary N) is 2. The van der Waals surface area contributed by atoms with Gasteiger partial charge in [0, 0.05) is 24.2 Å². The van der Waals surface area contributed by atoms with Gasteiger partial charge in [0.15, 0.2) is 11.7 Å². The van der Waals surface area contributed by atoms with E-state index in [0.717, 1.165) is 50.1 Å². The molecule has 0 amide bonds. The van der Waals surface area contributed by atoms with E-state index in [9.17, 15) is 10.4 Å². The summed E-state index contributed by atoms with van der Waals surface area (Å²) in [5.74, 6) is 0.988. The number of aryl methyl sites for hydroxylation is 2. The average molecular weight is 412 g/mol. The molecule has 2 aromatic carbocycles. The van der Waals surface area contributed by atoms with Crippen molar-refractivity contribution in [3.05, 3.63) is 70.8 Å². The van der Waals surface area contributed by atoms with E-state index in [2.05, 4.69) is 32.9 Å². The molecule has 7 nitrogen and oxygen atoms in total. The Labute approximate surface area is 179 Å². The fourth-order valence-corrected chi connectivity index (χ4v) is 3.04. The van der Waals surface area contributed by atoms with Crippen LogP contribution in [0.5, 0.6) is 0 Å². The highest BCUT2D eigenvalue weighted by molar-refractivity contribution is 5.98. The minimum absolute atomic E-state index is 0.494. The smallest absolute Gasteiger partial charge is 0.172 e. The van der Waals surface area contributed by atoms with Gasteiger partial charge in [0.2, 0.25) is 0 Å². The largest absolute Gasteiger partial charge is 0.409 e. The van der Waals surface area contributed by atoms with Crippen LogP contribution in [0.1, 0.15) is 35.1 Å². The summed E-state index contributed by atoms with van der Waals surface area (Å²) in [6.45, 7) is 7.36. The Morgan fingerprint density at radius 3 is 1.43 bits per heavy atom.